The average molecular weight is 398 g/mol. The summed E-state index contributed by atoms with van der Waals surface area (Å²) in [4.78, 5) is 17.4. The molecule has 0 saturated heterocycles. The lowest BCUT2D eigenvalue weighted by molar-refractivity contribution is -0.167. The minimum atomic E-state index is -5.00. The number of hydrogen-bond acceptors (Lipinski definition) is 7. The van der Waals surface area contributed by atoms with Crippen molar-refractivity contribution in [1.82, 2.24) is 9.36 Å². The summed E-state index contributed by atoms with van der Waals surface area (Å²) in [7, 11) is 0. The summed E-state index contributed by atoms with van der Waals surface area (Å²) in [5, 5.41) is 10.1. The number of aromatic nitrogens is 2. The number of carbonyl (C=O) groups is 1. The number of fused-ring (bicyclic) bond motifs is 1. The maximum absolute atomic E-state index is 12.7. The molecule has 0 saturated carbocycles. The maximum Gasteiger partial charge on any atom is 0.471 e. The fourth-order valence-electron chi connectivity index (χ4n) is 2.87. The Hall–Kier alpha value is -2.56. The lowest BCUT2D eigenvalue weighted by Gasteiger charge is -2.24. The molecule has 1 aliphatic heterocycles. The number of carbonyl (C=O) groups excluding carboxylic acids is 1. The van der Waals surface area contributed by atoms with Crippen LogP contribution in [0.1, 0.15) is 25.3 Å². The molecule has 0 radical (unpaired) electrons. The van der Waals surface area contributed by atoms with Gasteiger partial charge in [0.05, 0.1) is 5.69 Å². The summed E-state index contributed by atoms with van der Waals surface area (Å²) in [6, 6.07) is 3.22. The van der Waals surface area contributed by atoms with Crippen LogP contribution in [0.3, 0.4) is 0 Å². The van der Waals surface area contributed by atoms with Gasteiger partial charge >= 0.3 is 12.1 Å². The van der Waals surface area contributed by atoms with Gasteiger partial charge in [-0.3, -0.25) is 4.79 Å². The van der Waals surface area contributed by atoms with Crippen molar-refractivity contribution in [2.75, 3.05) is 23.3 Å². The van der Waals surface area contributed by atoms with Crippen molar-refractivity contribution in [3.8, 4) is 0 Å². The summed E-state index contributed by atoms with van der Waals surface area (Å²) in [5.74, 6) is -2.05. The van der Waals surface area contributed by atoms with Crippen LogP contribution in [0.25, 0.3) is 0 Å². The fraction of sp³-hybridized carbons (Fsp3) is 0.438. The normalized spacial score (nSPS) is 14.9. The van der Waals surface area contributed by atoms with Gasteiger partial charge in [-0.05, 0) is 43.9 Å². The van der Waals surface area contributed by atoms with E-state index in [1.165, 1.54) is 6.33 Å². The van der Waals surface area contributed by atoms with E-state index in [0.717, 1.165) is 48.6 Å². The first kappa shape index (κ1) is 19.2. The van der Waals surface area contributed by atoms with E-state index in [1.807, 2.05) is 12.2 Å². The van der Waals surface area contributed by atoms with Gasteiger partial charge in [-0.1, -0.05) is 0 Å². The summed E-state index contributed by atoms with van der Waals surface area (Å²) >= 11 is 1.01. The molecule has 2 heterocycles. The summed E-state index contributed by atoms with van der Waals surface area (Å²) in [5.41, 5.74) is 1.89. The number of rotatable bonds is 4. The van der Waals surface area contributed by atoms with E-state index in [2.05, 4.69) is 24.5 Å². The second kappa shape index (κ2) is 7.99. The van der Waals surface area contributed by atoms with E-state index >= 15 is 0 Å². The third-order valence-electron chi connectivity index (χ3n) is 4.14. The van der Waals surface area contributed by atoms with E-state index in [0.29, 0.717) is 6.54 Å². The molecule has 144 valence electrons. The topological polar surface area (TPSA) is 82.8 Å². The number of halogens is 3. The largest absolute Gasteiger partial charge is 0.471 e. The van der Waals surface area contributed by atoms with Crippen LogP contribution in [0.15, 0.2) is 28.7 Å². The van der Waals surface area contributed by atoms with Crippen LogP contribution in [0, 0.1) is 0 Å². The zero-order valence-electron chi connectivity index (χ0n) is 14.5. The Balaban J connectivity index is 2.03. The molecule has 0 fully saturated rings. The molecule has 0 unspecified atom stereocenters. The maximum atomic E-state index is 12.7. The van der Waals surface area contributed by atoms with E-state index < -0.39 is 12.1 Å². The van der Waals surface area contributed by atoms with Crippen molar-refractivity contribution in [3.63, 3.8) is 0 Å². The monoisotopic (exact) mass is 398 g/mol. The highest BCUT2D eigenvalue weighted by atomic mass is 32.1. The molecule has 0 atom stereocenters. The van der Waals surface area contributed by atoms with Crippen LogP contribution in [-0.4, -0.2) is 34.5 Å². The van der Waals surface area contributed by atoms with Crippen LogP contribution < -0.4 is 10.2 Å². The molecule has 1 aliphatic rings. The standard InChI is InChI=1S/C16H17F3N6OS/c1-2-25-6-4-3-5-10-7-12(23-24-15-20-9-21-27-15)11(8-13(10)25)22-14(26)16(17,18)19/h7-9H,2-6H2,1H3,(H,22,26). The first-order valence-corrected chi connectivity index (χ1v) is 9.14. The Morgan fingerprint density at radius 3 is 2.81 bits per heavy atom. The number of nitrogens with one attached hydrogen (secondary N) is 1. The minimum Gasteiger partial charge on any atom is -0.372 e. The first-order chi connectivity index (χ1) is 12.9. The minimum absolute atomic E-state index is 0.0373. The molecule has 3 rings (SSSR count). The van der Waals surface area contributed by atoms with E-state index in [1.54, 1.807) is 12.1 Å². The van der Waals surface area contributed by atoms with Crippen molar-refractivity contribution >= 4 is 39.6 Å². The van der Waals surface area contributed by atoms with Gasteiger partial charge in [0, 0.05) is 30.3 Å². The number of anilines is 2. The van der Waals surface area contributed by atoms with Gasteiger partial charge in [-0.25, -0.2) is 4.98 Å². The summed E-state index contributed by atoms with van der Waals surface area (Å²) in [6.07, 6.45) is -0.966. The molecular weight excluding hydrogens is 381 g/mol. The average Bonchev–Trinajstić information content (AvgIpc) is 3.06. The molecule has 1 amide bonds. The SMILES string of the molecule is CCN1CCCCc2cc(N=Nc3ncns3)c(NC(=O)C(F)(F)F)cc21. The fourth-order valence-corrected chi connectivity index (χ4v) is 3.23. The number of benzene rings is 1. The third kappa shape index (κ3) is 4.59. The van der Waals surface area contributed by atoms with Gasteiger partial charge < -0.3 is 10.2 Å². The Bertz CT molecular complexity index is 837. The van der Waals surface area contributed by atoms with Gasteiger partial charge in [0.1, 0.15) is 12.0 Å². The van der Waals surface area contributed by atoms with Crippen LogP contribution in [-0.2, 0) is 11.2 Å². The number of nitrogens with zero attached hydrogens (tertiary/aromatic N) is 5. The highest BCUT2D eigenvalue weighted by Crippen LogP contribution is 2.37. The quantitative estimate of drug-likeness (QED) is 0.762. The molecule has 1 aromatic carbocycles. The number of hydrogen-bond donors (Lipinski definition) is 1. The lowest BCUT2D eigenvalue weighted by atomic mass is 10.1. The molecule has 0 aliphatic carbocycles. The summed E-state index contributed by atoms with van der Waals surface area (Å²) < 4.78 is 42.0. The van der Waals surface area contributed by atoms with Gasteiger partial charge in [0.15, 0.2) is 0 Å². The molecule has 1 aromatic heterocycles. The van der Waals surface area contributed by atoms with Crippen molar-refractivity contribution < 1.29 is 18.0 Å². The Labute approximate surface area is 157 Å². The van der Waals surface area contributed by atoms with Gasteiger partial charge in [-0.2, -0.15) is 17.5 Å². The molecule has 27 heavy (non-hydrogen) atoms. The van der Waals surface area contributed by atoms with E-state index in [9.17, 15) is 18.0 Å². The Morgan fingerprint density at radius 2 is 2.15 bits per heavy atom. The van der Waals surface area contributed by atoms with Crippen LogP contribution in [0.5, 0.6) is 0 Å². The van der Waals surface area contributed by atoms with Crippen molar-refractivity contribution in [2.24, 2.45) is 10.2 Å². The molecule has 0 bridgehead atoms. The zero-order valence-corrected chi connectivity index (χ0v) is 15.3. The number of aryl methyl sites for hydroxylation is 1. The number of azo groups is 1. The second-order valence-corrected chi connectivity index (χ2v) is 6.67. The third-order valence-corrected chi connectivity index (χ3v) is 4.69. The predicted molar refractivity (Wildman–Crippen MR) is 96.0 cm³/mol. The van der Waals surface area contributed by atoms with Crippen molar-refractivity contribution in [3.05, 3.63) is 24.0 Å². The Morgan fingerprint density at radius 1 is 1.33 bits per heavy atom. The number of amides is 1. The molecule has 2 aromatic rings. The van der Waals surface area contributed by atoms with Crippen molar-refractivity contribution in [1.29, 1.82) is 0 Å². The summed E-state index contributed by atoms with van der Waals surface area (Å²) in [6.45, 7) is 3.50. The van der Waals surface area contributed by atoms with Crippen LogP contribution in [0.2, 0.25) is 0 Å². The Kier molecular flexibility index (Phi) is 5.68. The second-order valence-electron chi connectivity index (χ2n) is 5.91. The van der Waals surface area contributed by atoms with Gasteiger partial charge in [0.25, 0.3) is 0 Å². The molecule has 0 spiro atoms. The first-order valence-electron chi connectivity index (χ1n) is 8.37. The van der Waals surface area contributed by atoms with Crippen LogP contribution in [0.4, 0.5) is 35.4 Å². The molecule has 7 nitrogen and oxygen atoms in total. The number of alkyl halides is 3. The predicted octanol–water partition coefficient (Wildman–Crippen LogP) is 4.62. The highest BCUT2D eigenvalue weighted by Gasteiger charge is 2.39. The van der Waals surface area contributed by atoms with Gasteiger partial charge in [0.2, 0.25) is 5.13 Å². The van der Waals surface area contributed by atoms with Crippen LogP contribution >= 0.6 is 11.5 Å². The lowest BCUT2D eigenvalue weighted by Crippen LogP contribution is -2.30. The zero-order chi connectivity index (χ0) is 19.4. The van der Waals surface area contributed by atoms with Crippen molar-refractivity contribution in [2.45, 2.75) is 32.4 Å². The van der Waals surface area contributed by atoms with E-state index in [-0.39, 0.29) is 16.5 Å². The smallest absolute Gasteiger partial charge is 0.372 e. The van der Waals surface area contributed by atoms with E-state index in [4.69, 9.17) is 0 Å². The molecule has 1 N–H and O–H groups in total. The highest BCUT2D eigenvalue weighted by molar-refractivity contribution is 7.09. The van der Waals surface area contributed by atoms with Gasteiger partial charge in [-0.15, -0.1) is 10.2 Å². The molecule has 11 heteroatoms. The molecular formula is C16H17F3N6OS.